The molecule has 2 N–H and O–H groups in total. The molecule has 0 aliphatic carbocycles. The second kappa shape index (κ2) is 6.79. The molecule has 14 heavy (non-hydrogen) atoms. The highest BCUT2D eigenvalue weighted by Gasteiger charge is 2.14. The van der Waals surface area contributed by atoms with Gasteiger partial charge in [-0.1, -0.05) is 6.42 Å². The third-order valence-electron chi connectivity index (χ3n) is 2.13. The fraction of sp³-hybridized carbons (Fsp3) is 0.900. The highest BCUT2D eigenvalue weighted by atomic mass is 16.2. The SMILES string of the molecule is CN(C)CCCC[C@H](N)C(=O)N(C)C. The third-order valence-corrected chi connectivity index (χ3v) is 2.13. The summed E-state index contributed by atoms with van der Waals surface area (Å²) in [6, 6.07) is -0.327. The molecular weight excluding hydrogens is 178 g/mol. The Labute approximate surface area is 87.0 Å². The Kier molecular flexibility index (Phi) is 6.49. The summed E-state index contributed by atoms with van der Waals surface area (Å²) in [5.41, 5.74) is 5.73. The molecule has 0 radical (unpaired) electrons. The first kappa shape index (κ1) is 13.4. The molecule has 0 aliphatic rings. The molecule has 0 aliphatic heterocycles. The molecule has 84 valence electrons. The number of unbranched alkanes of at least 4 members (excludes halogenated alkanes) is 1. The van der Waals surface area contributed by atoms with Crippen LogP contribution >= 0.6 is 0 Å². The lowest BCUT2D eigenvalue weighted by Crippen LogP contribution is -2.39. The molecule has 0 aromatic carbocycles. The maximum atomic E-state index is 11.4. The van der Waals surface area contributed by atoms with E-state index >= 15 is 0 Å². The van der Waals surface area contributed by atoms with Crippen molar-refractivity contribution < 1.29 is 4.79 Å². The van der Waals surface area contributed by atoms with Crippen LogP contribution in [0.5, 0.6) is 0 Å². The van der Waals surface area contributed by atoms with Crippen molar-refractivity contribution in [1.82, 2.24) is 9.80 Å². The fourth-order valence-electron chi connectivity index (χ4n) is 1.25. The van der Waals surface area contributed by atoms with Gasteiger partial charge < -0.3 is 15.5 Å². The number of hydrogen-bond donors (Lipinski definition) is 1. The summed E-state index contributed by atoms with van der Waals surface area (Å²) < 4.78 is 0. The van der Waals surface area contributed by atoms with Gasteiger partial charge in [0.25, 0.3) is 0 Å². The van der Waals surface area contributed by atoms with E-state index in [0.717, 1.165) is 25.8 Å². The Morgan fingerprint density at radius 2 is 1.79 bits per heavy atom. The van der Waals surface area contributed by atoms with Crippen LogP contribution in [0.15, 0.2) is 0 Å². The summed E-state index contributed by atoms with van der Waals surface area (Å²) in [5.74, 6) is 0.0230. The van der Waals surface area contributed by atoms with Crippen LogP contribution in [0, 0.1) is 0 Å². The monoisotopic (exact) mass is 201 g/mol. The van der Waals surface area contributed by atoms with Gasteiger partial charge in [0.05, 0.1) is 6.04 Å². The van der Waals surface area contributed by atoms with Crippen LogP contribution in [0.3, 0.4) is 0 Å². The molecule has 0 saturated heterocycles. The lowest BCUT2D eigenvalue weighted by atomic mass is 10.1. The number of rotatable bonds is 6. The summed E-state index contributed by atoms with van der Waals surface area (Å²) in [7, 11) is 7.57. The van der Waals surface area contributed by atoms with Crippen molar-refractivity contribution in [3.05, 3.63) is 0 Å². The van der Waals surface area contributed by atoms with Crippen LogP contribution in [0.25, 0.3) is 0 Å². The van der Waals surface area contributed by atoms with Crippen molar-refractivity contribution in [2.24, 2.45) is 5.73 Å². The Bertz CT molecular complexity index is 169. The number of carbonyl (C=O) groups excluding carboxylic acids is 1. The lowest BCUT2D eigenvalue weighted by Gasteiger charge is -2.16. The molecule has 0 saturated carbocycles. The number of likely N-dealkylation sites (N-methyl/N-ethyl adjacent to an activating group) is 1. The standard InChI is InChI=1S/C10H23N3O/c1-12(2)8-6-5-7-9(11)10(14)13(3)4/h9H,5-8,11H2,1-4H3/t9-/m0/s1. The van der Waals surface area contributed by atoms with Crippen molar-refractivity contribution in [1.29, 1.82) is 0 Å². The molecule has 0 heterocycles. The van der Waals surface area contributed by atoms with Crippen molar-refractivity contribution in [3.63, 3.8) is 0 Å². The zero-order valence-electron chi connectivity index (χ0n) is 9.79. The highest BCUT2D eigenvalue weighted by Crippen LogP contribution is 2.01. The molecule has 0 spiro atoms. The average molecular weight is 201 g/mol. The highest BCUT2D eigenvalue weighted by molar-refractivity contribution is 5.80. The van der Waals surface area contributed by atoms with Gasteiger partial charge in [-0.25, -0.2) is 0 Å². The van der Waals surface area contributed by atoms with Gasteiger partial charge >= 0.3 is 0 Å². The van der Waals surface area contributed by atoms with E-state index in [9.17, 15) is 4.79 Å². The fourth-order valence-corrected chi connectivity index (χ4v) is 1.25. The number of carbonyl (C=O) groups is 1. The molecule has 0 fully saturated rings. The molecule has 0 aromatic heterocycles. The predicted octanol–water partition coefficient (Wildman–Crippen LogP) is 0.134. The topological polar surface area (TPSA) is 49.6 Å². The quantitative estimate of drug-likeness (QED) is 0.622. The number of nitrogens with two attached hydrogens (primary N) is 1. The van der Waals surface area contributed by atoms with Crippen LogP contribution in [0.2, 0.25) is 0 Å². The third kappa shape index (κ3) is 5.94. The van der Waals surface area contributed by atoms with E-state index in [0.29, 0.717) is 0 Å². The lowest BCUT2D eigenvalue weighted by molar-refractivity contribution is -0.130. The maximum absolute atomic E-state index is 11.4. The number of amides is 1. The van der Waals surface area contributed by atoms with E-state index in [1.165, 1.54) is 0 Å². The zero-order valence-corrected chi connectivity index (χ0v) is 9.79. The van der Waals surface area contributed by atoms with E-state index in [1.54, 1.807) is 19.0 Å². The Morgan fingerprint density at radius 1 is 1.21 bits per heavy atom. The summed E-state index contributed by atoms with van der Waals surface area (Å²) in [6.45, 7) is 1.06. The molecule has 1 atom stereocenters. The van der Waals surface area contributed by atoms with Crippen LogP contribution in [0.4, 0.5) is 0 Å². The minimum absolute atomic E-state index is 0.0230. The molecule has 0 bridgehead atoms. The van der Waals surface area contributed by atoms with E-state index in [4.69, 9.17) is 5.73 Å². The Hall–Kier alpha value is -0.610. The van der Waals surface area contributed by atoms with E-state index < -0.39 is 0 Å². The molecule has 4 heteroatoms. The molecule has 0 unspecified atom stereocenters. The minimum Gasteiger partial charge on any atom is -0.347 e. The van der Waals surface area contributed by atoms with Gasteiger partial charge in [0.2, 0.25) is 5.91 Å². The predicted molar refractivity (Wildman–Crippen MR) is 59.1 cm³/mol. The van der Waals surface area contributed by atoms with Crippen molar-refractivity contribution in [3.8, 4) is 0 Å². The van der Waals surface area contributed by atoms with E-state index in [1.807, 2.05) is 14.1 Å². The van der Waals surface area contributed by atoms with Crippen LogP contribution in [-0.4, -0.2) is 56.5 Å². The van der Waals surface area contributed by atoms with Gasteiger partial charge in [0.1, 0.15) is 0 Å². The smallest absolute Gasteiger partial charge is 0.238 e. The average Bonchev–Trinajstić information content (AvgIpc) is 2.10. The normalized spacial score (nSPS) is 13.0. The summed E-state index contributed by atoms with van der Waals surface area (Å²) in [6.07, 6.45) is 2.89. The molecule has 0 rings (SSSR count). The van der Waals surface area contributed by atoms with Gasteiger partial charge in [0.15, 0.2) is 0 Å². The Morgan fingerprint density at radius 3 is 2.21 bits per heavy atom. The van der Waals surface area contributed by atoms with Crippen molar-refractivity contribution in [2.75, 3.05) is 34.7 Å². The van der Waals surface area contributed by atoms with Gasteiger partial charge in [-0.05, 0) is 33.5 Å². The van der Waals surface area contributed by atoms with Crippen LogP contribution in [0.1, 0.15) is 19.3 Å². The molecular formula is C10H23N3O. The summed E-state index contributed by atoms with van der Waals surface area (Å²) in [5, 5.41) is 0. The molecule has 4 nitrogen and oxygen atoms in total. The zero-order chi connectivity index (χ0) is 11.1. The van der Waals surface area contributed by atoms with Gasteiger partial charge in [-0.3, -0.25) is 4.79 Å². The first-order valence-corrected chi connectivity index (χ1v) is 5.06. The molecule has 1 amide bonds. The second-order valence-electron chi connectivity index (χ2n) is 4.14. The van der Waals surface area contributed by atoms with E-state index in [-0.39, 0.29) is 11.9 Å². The van der Waals surface area contributed by atoms with Gasteiger partial charge in [-0.15, -0.1) is 0 Å². The van der Waals surface area contributed by atoms with Gasteiger partial charge in [0, 0.05) is 14.1 Å². The molecule has 0 aromatic rings. The number of nitrogens with zero attached hydrogens (tertiary/aromatic N) is 2. The largest absolute Gasteiger partial charge is 0.347 e. The van der Waals surface area contributed by atoms with E-state index in [2.05, 4.69) is 4.90 Å². The van der Waals surface area contributed by atoms with Crippen LogP contribution < -0.4 is 5.73 Å². The van der Waals surface area contributed by atoms with Crippen molar-refractivity contribution >= 4 is 5.91 Å². The maximum Gasteiger partial charge on any atom is 0.238 e. The van der Waals surface area contributed by atoms with Crippen molar-refractivity contribution in [2.45, 2.75) is 25.3 Å². The summed E-state index contributed by atoms with van der Waals surface area (Å²) in [4.78, 5) is 15.1. The van der Waals surface area contributed by atoms with Gasteiger partial charge in [-0.2, -0.15) is 0 Å². The first-order valence-electron chi connectivity index (χ1n) is 5.06. The number of hydrogen-bond acceptors (Lipinski definition) is 3. The Balaban J connectivity index is 3.54. The minimum atomic E-state index is -0.327. The first-order chi connectivity index (χ1) is 6.45. The van der Waals surface area contributed by atoms with Crippen LogP contribution in [-0.2, 0) is 4.79 Å². The summed E-state index contributed by atoms with van der Waals surface area (Å²) >= 11 is 0. The second-order valence-corrected chi connectivity index (χ2v) is 4.14.